The molecule has 0 radical (unpaired) electrons. The number of hydrogen-bond acceptors (Lipinski definition) is 4. The van der Waals surface area contributed by atoms with Gasteiger partial charge in [-0.15, -0.1) is 0 Å². The number of aliphatic imine (C=N–C) groups is 1. The summed E-state index contributed by atoms with van der Waals surface area (Å²) in [4.78, 5) is 18.2. The second-order valence-electron chi connectivity index (χ2n) is 6.53. The molecule has 0 saturated heterocycles. The van der Waals surface area contributed by atoms with E-state index in [-0.39, 0.29) is 12.7 Å². The van der Waals surface area contributed by atoms with Gasteiger partial charge in [-0.3, -0.25) is 9.79 Å². The Hall–Kier alpha value is -3.22. The Bertz CT molecular complexity index is 824. The maximum absolute atomic E-state index is 12.3. The minimum Gasteiger partial charge on any atom is -0.454 e. The van der Waals surface area contributed by atoms with Crippen LogP contribution in [0.1, 0.15) is 17.5 Å². The van der Waals surface area contributed by atoms with Crippen molar-refractivity contribution in [2.75, 3.05) is 27.4 Å². The van der Waals surface area contributed by atoms with Gasteiger partial charge in [0.1, 0.15) is 0 Å². The molecule has 0 unspecified atom stereocenters. The van der Waals surface area contributed by atoms with Crippen LogP contribution < -0.4 is 20.1 Å². The molecule has 0 spiro atoms. The van der Waals surface area contributed by atoms with Gasteiger partial charge in [-0.25, -0.2) is 0 Å². The number of rotatable bonds is 7. The van der Waals surface area contributed by atoms with Gasteiger partial charge in [0.15, 0.2) is 17.5 Å². The second-order valence-corrected chi connectivity index (χ2v) is 6.53. The standard InChI is InChI=1S/C21H26N4O3/c1-22-21(24-13-17-8-9-18-19(12-17)28-15-27-18)23-11-10-20(26)25(2)14-16-6-4-3-5-7-16/h3-9,12H,10-11,13-15H2,1-2H3,(H2,22,23,24). The largest absolute Gasteiger partial charge is 0.454 e. The molecule has 7 heteroatoms. The minimum absolute atomic E-state index is 0.0857. The van der Waals surface area contributed by atoms with Crippen LogP contribution in [0.2, 0.25) is 0 Å². The Morgan fingerprint density at radius 1 is 1.07 bits per heavy atom. The molecule has 7 nitrogen and oxygen atoms in total. The molecule has 2 N–H and O–H groups in total. The summed E-state index contributed by atoms with van der Waals surface area (Å²) in [6, 6.07) is 15.8. The molecule has 0 saturated carbocycles. The van der Waals surface area contributed by atoms with Crippen molar-refractivity contribution in [3.63, 3.8) is 0 Å². The van der Waals surface area contributed by atoms with Crippen molar-refractivity contribution in [2.45, 2.75) is 19.5 Å². The van der Waals surface area contributed by atoms with Crippen molar-refractivity contribution in [2.24, 2.45) is 4.99 Å². The predicted molar refractivity (Wildman–Crippen MR) is 108 cm³/mol. The van der Waals surface area contributed by atoms with E-state index in [1.165, 1.54) is 0 Å². The van der Waals surface area contributed by atoms with E-state index in [2.05, 4.69) is 15.6 Å². The molecule has 1 heterocycles. The summed E-state index contributed by atoms with van der Waals surface area (Å²) in [6.07, 6.45) is 0.397. The van der Waals surface area contributed by atoms with Crippen molar-refractivity contribution >= 4 is 11.9 Å². The Morgan fingerprint density at radius 2 is 1.86 bits per heavy atom. The van der Waals surface area contributed by atoms with Gasteiger partial charge < -0.3 is 25.0 Å². The van der Waals surface area contributed by atoms with E-state index in [0.717, 1.165) is 22.6 Å². The molecular formula is C21H26N4O3. The Kier molecular flexibility index (Phi) is 6.73. The number of guanidine groups is 1. The zero-order valence-electron chi connectivity index (χ0n) is 16.3. The number of fused-ring (bicyclic) bond motifs is 1. The van der Waals surface area contributed by atoms with Crippen LogP contribution in [-0.4, -0.2) is 44.2 Å². The fraction of sp³-hybridized carbons (Fsp3) is 0.333. The summed E-state index contributed by atoms with van der Waals surface area (Å²) < 4.78 is 10.7. The number of hydrogen-bond donors (Lipinski definition) is 2. The van der Waals surface area contributed by atoms with Crippen LogP contribution in [0.5, 0.6) is 11.5 Å². The lowest BCUT2D eigenvalue weighted by atomic mass is 10.2. The molecule has 1 amide bonds. The first-order valence-corrected chi connectivity index (χ1v) is 9.26. The van der Waals surface area contributed by atoms with E-state index in [0.29, 0.717) is 32.0 Å². The van der Waals surface area contributed by atoms with Gasteiger partial charge in [0.2, 0.25) is 12.7 Å². The minimum atomic E-state index is 0.0857. The quantitative estimate of drug-likeness (QED) is 0.567. The molecular weight excluding hydrogens is 356 g/mol. The molecule has 2 aromatic rings. The molecule has 2 aromatic carbocycles. The third kappa shape index (κ3) is 5.39. The van der Waals surface area contributed by atoms with Crippen LogP contribution in [-0.2, 0) is 17.9 Å². The summed E-state index contributed by atoms with van der Waals surface area (Å²) >= 11 is 0. The van der Waals surface area contributed by atoms with E-state index in [4.69, 9.17) is 9.47 Å². The maximum Gasteiger partial charge on any atom is 0.231 e. The molecule has 3 rings (SSSR count). The van der Waals surface area contributed by atoms with Gasteiger partial charge in [-0.05, 0) is 23.3 Å². The highest BCUT2D eigenvalue weighted by Crippen LogP contribution is 2.32. The van der Waals surface area contributed by atoms with Crippen LogP contribution in [0.25, 0.3) is 0 Å². The molecule has 28 heavy (non-hydrogen) atoms. The normalized spacial score (nSPS) is 12.6. The van der Waals surface area contributed by atoms with Crippen molar-refractivity contribution < 1.29 is 14.3 Å². The van der Waals surface area contributed by atoms with Crippen molar-refractivity contribution in [3.8, 4) is 11.5 Å². The Labute approximate surface area is 165 Å². The summed E-state index contributed by atoms with van der Waals surface area (Å²) in [5.74, 6) is 2.26. The third-order valence-electron chi connectivity index (χ3n) is 4.44. The van der Waals surface area contributed by atoms with E-state index in [1.807, 2.05) is 55.6 Å². The molecule has 0 fully saturated rings. The average molecular weight is 382 g/mol. The molecule has 0 aliphatic carbocycles. The Balaban J connectivity index is 1.39. The molecule has 1 aliphatic heterocycles. The van der Waals surface area contributed by atoms with Crippen molar-refractivity contribution in [1.82, 2.24) is 15.5 Å². The van der Waals surface area contributed by atoms with E-state index in [1.54, 1.807) is 11.9 Å². The van der Waals surface area contributed by atoms with E-state index in [9.17, 15) is 4.79 Å². The van der Waals surface area contributed by atoms with E-state index < -0.39 is 0 Å². The lowest BCUT2D eigenvalue weighted by Crippen LogP contribution is -2.39. The fourth-order valence-corrected chi connectivity index (χ4v) is 2.88. The van der Waals surface area contributed by atoms with Crippen LogP contribution in [0.3, 0.4) is 0 Å². The van der Waals surface area contributed by atoms with Gasteiger partial charge in [0, 0.05) is 40.2 Å². The molecule has 0 atom stereocenters. The highest BCUT2D eigenvalue weighted by molar-refractivity contribution is 5.81. The predicted octanol–water partition coefficient (Wildman–Crippen LogP) is 2.13. The number of nitrogens with zero attached hydrogens (tertiary/aromatic N) is 2. The first kappa shape index (κ1) is 19.5. The smallest absolute Gasteiger partial charge is 0.231 e. The highest BCUT2D eigenvalue weighted by atomic mass is 16.7. The van der Waals surface area contributed by atoms with Crippen LogP contribution in [0.4, 0.5) is 0 Å². The highest BCUT2D eigenvalue weighted by Gasteiger charge is 2.13. The van der Waals surface area contributed by atoms with Gasteiger partial charge in [0.25, 0.3) is 0 Å². The number of amides is 1. The van der Waals surface area contributed by atoms with Gasteiger partial charge >= 0.3 is 0 Å². The lowest BCUT2D eigenvalue weighted by Gasteiger charge is -2.18. The summed E-state index contributed by atoms with van der Waals surface area (Å²) in [5, 5.41) is 6.41. The van der Waals surface area contributed by atoms with Gasteiger partial charge in [-0.1, -0.05) is 36.4 Å². The lowest BCUT2D eigenvalue weighted by molar-refractivity contribution is -0.130. The summed E-state index contributed by atoms with van der Waals surface area (Å²) in [6.45, 7) is 1.98. The van der Waals surface area contributed by atoms with Crippen LogP contribution in [0, 0.1) is 0 Å². The molecule has 148 valence electrons. The number of ether oxygens (including phenoxy) is 2. The van der Waals surface area contributed by atoms with E-state index >= 15 is 0 Å². The van der Waals surface area contributed by atoms with Gasteiger partial charge in [-0.2, -0.15) is 0 Å². The zero-order valence-corrected chi connectivity index (χ0v) is 16.3. The van der Waals surface area contributed by atoms with Crippen molar-refractivity contribution in [3.05, 3.63) is 59.7 Å². The first-order chi connectivity index (χ1) is 13.7. The first-order valence-electron chi connectivity index (χ1n) is 9.26. The van der Waals surface area contributed by atoms with Crippen molar-refractivity contribution in [1.29, 1.82) is 0 Å². The molecule has 1 aliphatic rings. The van der Waals surface area contributed by atoms with Gasteiger partial charge in [0.05, 0.1) is 0 Å². The number of nitrogens with one attached hydrogen (secondary N) is 2. The summed E-state index contributed by atoms with van der Waals surface area (Å²) in [7, 11) is 3.53. The topological polar surface area (TPSA) is 75.2 Å². The monoisotopic (exact) mass is 382 g/mol. The average Bonchev–Trinajstić information content (AvgIpc) is 3.19. The molecule has 0 bridgehead atoms. The maximum atomic E-state index is 12.3. The number of carbonyl (C=O) groups is 1. The molecule has 0 aromatic heterocycles. The van der Waals surface area contributed by atoms with Crippen LogP contribution >= 0.6 is 0 Å². The SMILES string of the molecule is CN=C(NCCC(=O)N(C)Cc1ccccc1)NCc1ccc2c(c1)OCO2. The number of carbonyl (C=O) groups excluding carboxylic acids is 1. The zero-order chi connectivity index (χ0) is 19.8. The second kappa shape index (κ2) is 9.64. The van der Waals surface area contributed by atoms with Crippen LogP contribution in [0.15, 0.2) is 53.5 Å². The fourth-order valence-electron chi connectivity index (χ4n) is 2.88. The third-order valence-corrected chi connectivity index (χ3v) is 4.44. The Morgan fingerprint density at radius 3 is 2.64 bits per heavy atom. The number of benzene rings is 2. The summed E-state index contributed by atoms with van der Waals surface area (Å²) in [5.41, 5.74) is 2.18.